The zero-order valence-electron chi connectivity index (χ0n) is 12.7. The topological polar surface area (TPSA) is 83.6 Å². The van der Waals surface area contributed by atoms with E-state index in [0.29, 0.717) is 17.1 Å². The first-order valence-electron chi connectivity index (χ1n) is 6.77. The zero-order chi connectivity index (χ0) is 16.9. The summed E-state index contributed by atoms with van der Waals surface area (Å²) in [5.74, 6) is -2.38. The van der Waals surface area contributed by atoms with Gasteiger partial charge in [0.1, 0.15) is 5.82 Å². The Morgan fingerprint density at radius 2 is 1.95 bits per heavy atom. The van der Waals surface area contributed by atoms with Crippen LogP contribution in [0.3, 0.4) is 0 Å². The summed E-state index contributed by atoms with van der Waals surface area (Å²) in [6.07, 6.45) is 1.07. The molecule has 22 heavy (non-hydrogen) atoms. The van der Waals surface area contributed by atoms with Crippen LogP contribution < -0.4 is 5.32 Å². The third kappa shape index (κ3) is 4.52. The van der Waals surface area contributed by atoms with Gasteiger partial charge in [0.25, 0.3) is 5.91 Å². The number of hydrogen-bond acceptors (Lipinski definition) is 4. The number of rotatable bonds is 6. The molecule has 8 heteroatoms. The molecule has 0 aliphatic carbocycles. The number of nitrogens with zero attached hydrogens (tertiary/aromatic N) is 1. The van der Waals surface area contributed by atoms with Crippen molar-refractivity contribution in [1.29, 1.82) is 0 Å². The third-order valence-electron chi connectivity index (χ3n) is 2.98. The molecular weight excluding hydrogens is 311 g/mol. The average molecular weight is 330 g/mol. The Balaban J connectivity index is 3.08. The van der Waals surface area contributed by atoms with E-state index in [4.69, 9.17) is 0 Å². The lowest BCUT2D eigenvalue weighted by Crippen LogP contribution is -2.35. The Labute approximate surface area is 129 Å². The van der Waals surface area contributed by atoms with Crippen molar-refractivity contribution in [3.05, 3.63) is 29.6 Å². The number of sulfonamides is 1. The highest BCUT2D eigenvalue weighted by molar-refractivity contribution is 7.89. The van der Waals surface area contributed by atoms with Gasteiger partial charge in [-0.05, 0) is 24.6 Å². The van der Waals surface area contributed by atoms with Crippen molar-refractivity contribution in [3.8, 4) is 0 Å². The molecule has 0 spiro atoms. The first-order valence-corrected chi connectivity index (χ1v) is 8.38. The average Bonchev–Trinajstić information content (AvgIpc) is 2.45. The minimum absolute atomic E-state index is 0.182. The lowest BCUT2D eigenvalue weighted by atomic mass is 10.1. The van der Waals surface area contributed by atoms with Gasteiger partial charge in [0.2, 0.25) is 15.9 Å². The second-order valence-corrected chi connectivity index (χ2v) is 6.94. The Morgan fingerprint density at radius 3 is 2.50 bits per heavy atom. The van der Waals surface area contributed by atoms with E-state index in [1.165, 1.54) is 13.0 Å². The van der Waals surface area contributed by atoms with Crippen molar-refractivity contribution < 1.29 is 22.4 Å². The van der Waals surface area contributed by atoms with Gasteiger partial charge in [-0.15, -0.1) is 0 Å². The van der Waals surface area contributed by atoms with Gasteiger partial charge in [-0.2, -0.15) is 0 Å². The largest absolute Gasteiger partial charge is 0.326 e. The molecule has 0 saturated heterocycles. The maximum absolute atomic E-state index is 13.8. The first-order chi connectivity index (χ1) is 10.2. The molecule has 0 saturated carbocycles. The van der Waals surface area contributed by atoms with Crippen molar-refractivity contribution in [2.45, 2.75) is 26.7 Å². The summed E-state index contributed by atoms with van der Waals surface area (Å²) >= 11 is 0. The predicted molar refractivity (Wildman–Crippen MR) is 81.5 cm³/mol. The molecule has 0 bridgehead atoms. The van der Waals surface area contributed by atoms with Gasteiger partial charge in [-0.25, -0.2) is 17.1 Å². The standard InChI is InChI=1S/C14H19FN2O4S/c1-4-5-8-22(20,21)17(3)14(19)12-9-11(16-10(2)18)6-7-13(12)15/h6-7,9H,4-5,8H2,1-3H3,(H,16,18). The summed E-state index contributed by atoms with van der Waals surface area (Å²) in [6.45, 7) is 3.10. The predicted octanol–water partition coefficient (Wildman–Crippen LogP) is 1.99. The molecule has 0 fully saturated rings. The highest BCUT2D eigenvalue weighted by atomic mass is 32.2. The SMILES string of the molecule is CCCCS(=O)(=O)N(C)C(=O)c1cc(NC(C)=O)ccc1F. The molecule has 6 nitrogen and oxygen atoms in total. The molecule has 0 heterocycles. The van der Waals surface area contributed by atoms with Crippen LogP contribution in [0, 0.1) is 5.82 Å². The van der Waals surface area contributed by atoms with Crippen molar-refractivity contribution in [1.82, 2.24) is 4.31 Å². The van der Waals surface area contributed by atoms with Crippen molar-refractivity contribution >= 4 is 27.5 Å². The summed E-state index contributed by atoms with van der Waals surface area (Å²) < 4.78 is 38.3. The molecule has 1 aromatic carbocycles. The maximum Gasteiger partial charge on any atom is 0.270 e. The molecule has 0 unspecified atom stereocenters. The van der Waals surface area contributed by atoms with Crippen molar-refractivity contribution in [2.75, 3.05) is 18.1 Å². The van der Waals surface area contributed by atoms with E-state index in [-0.39, 0.29) is 17.3 Å². The summed E-state index contributed by atoms with van der Waals surface area (Å²) in [7, 11) is -2.70. The lowest BCUT2D eigenvalue weighted by molar-refractivity contribution is -0.114. The van der Waals surface area contributed by atoms with E-state index >= 15 is 0 Å². The fraction of sp³-hybridized carbons (Fsp3) is 0.429. The van der Waals surface area contributed by atoms with Crippen LogP contribution in [0.15, 0.2) is 18.2 Å². The molecule has 1 N–H and O–H groups in total. The summed E-state index contributed by atoms with van der Waals surface area (Å²) in [5.41, 5.74) is -0.189. The maximum atomic E-state index is 13.8. The quantitative estimate of drug-likeness (QED) is 0.864. The van der Waals surface area contributed by atoms with Gasteiger partial charge >= 0.3 is 0 Å². The third-order valence-corrected chi connectivity index (χ3v) is 4.78. The first kappa shape index (κ1) is 18.1. The van der Waals surface area contributed by atoms with E-state index in [1.807, 2.05) is 6.92 Å². The van der Waals surface area contributed by atoms with E-state index in [0.717, 1.165) is 19.2 Å². The van der Waals surface area contributed by atoms with Gasteiger partial charge in [0.05, 0.1) is 11.3 Å². The highest BCUT2D eigenvalue weighted by Gasteiger charge is 2.26. The summed E-state index contributed by atoms with van der Waals surface area (Å²) in [5, 5.41) is 2.41. The van der Waals surface area contributed by atoms with Crippen LogP contribution in [0.1, 0.15) is 37.0 Å². The number of amides is 2. The number of nitrogens with one attached hydrogen (secondary N) is 1. The minimum Gasteiger partial charge on any atom is -0.326 e. The number of anilines is 1. The van der Waals surface area contributed by atoms with Crippen LogP contribution in [-0.2, 0) is 14.8 Å². The fourth-order valence-electron chi connectivity index (χ4n) is 1.73. The monoisotopic (exact) mass is 330 g/mol. The number of carbonyl (C=O) groups excluding carboxylic acids is 2. The zero-order valence-corrected chi connectivity index (χ0v) is 13.5. The normalized spacial score (nSPS) is 11.1. The Morgan fingerprint density at radius 1 is 1.32 bits per heavy atom. The minimum atomic E-state index is -3.79. The lowest BCUT2D eigenvalue weighted by Gasteiger charge is -2.18. The van der Waals surface area contributed by atoms with Gasteiger partial charge in [0, 0.05) is 19.7 Å². The van der Waals surface area contributed by atoms with Gasteiger partial charge < -0.3 is 5.32 Å². The van der Waals surface area contributed by atoms with Crippen LogP contribution in [0.5, 0.6) is 0 Å². The second-order valence-electron chi connectivity index (χ2n) is 4.82. The van der Waals surface area contributed by atoms with E-state index < -0.39 is 27.3 Å². The van der Waals surface area contributed by atoms with Crippen LogP contribution in [0.25, 0.3) is 0 Å². The Bertz CT molecular complexity index is 673. The van der Waals surface area contributed by atoms with Crippen LogP contribution in [-0.4, -0.2) is 37.3 Å². The van der Waals surface area contributed by atoms with Crippen LogP contribution >= 0.6 is 0 Å². The molecule has 0 aliphatic heterocycles. The van der Waals surface area contributed by atoms with E-state index in [2.05, 4.69) is 5.32 Å². The van der Waals surface area contributed by atoms with E-state index in [9.17, 15) is 22.4 Å². The Hall–Kier alpha value is -1.96. The van der Waals surface area contributed by atoms with Gasteiger partial charge in [-0.3, -0.25) is 9.59 Å². The van der Waals surface area contributed by atoms with Crippen LogP contribution in [0.4, 0.5) is 10.1 Å². The number of hydrogen-bond donors (Lipinski definition) is 1. The molecule has 0 radical (unpaired) electrons. The Kier molecular flexibility index (Phi) is 6.04. The molecule has 122 valence electrons. The number of halogens is 1. The molecule has 0 atom stereocenters. The molecular formula is C14H19FN2O4S. The summed E-state index contributed by atoms with van der Waals surface area (Å²) in [6, 6.07) is 3.41. The molecule has 1 rings (SSSR count). The number of unbranched alkanes of at least 4 members (excludes halogenated alkanes) is 1. The van der Waals surface area contributed by atoms with Gasteiger partial charge in [-0.1, -0.05) is 13.3 Å². The van der Waals surface area contributed by atoms with Gasteiger partial charge in [0.15, 0.2) is 0 Å². The molecule has 0 aromatic heterocycles. The van der Waals surface area contributed by atoms with Crippen LogP contribution in [0.2, 0.25) is 0 Å². The smallest absolute Gasteiger partial charge is 0.270 e. The summed E-state index contributed by atoms with van der Waals surface area (Å²) in [4.78, 5) is 23.2. The van der Waals surface area contributed by atoms with E-state index in [1.54, 1.807) is 0 Å². The number of benzene rings is 1. The fourth-order valence-corrected chi connectivity index (χ4v) is 3.01. The van der Waals surface area contributed by atoms with Crippen molar-refractivity contribution in [3.63, 3.8) is 0 Å². The molecule has 0 aliphatic rings. The van der Waals surface area contributed by atoms with Crippen molar-refractivity contribution in [2.24, 2.45) is 0 Å². The highest BCUT2D eigenvalue weighted by Crippen LogP contribution is 2.18. The second kappa shape index (κ2) is 7.35. The number of carbonyl (C=O) groups is 2. The molecule has 2 amide bonds. The molecule has 1 aromatic rings.